The first-order valence-corrected chi connectivity index (χ1v) is 6.38. The summed E-state index contributed by atoms with van der Waals surface area (Å²) in [5.74, 6) is -0.248. The molecule has 0 aromatic rings. The number of nitrogens with zero attached hydrogens (tertiary/aromatic N) is 1. The second kappa shape index (κ2) is 5.01. The Morgan fingerprint density at radius 2 is 2.14 bits per heavy atom. The van der Waals surface area contributed by atoms with Gasteiger partial charge in [-0.15, -0.1) is 0 Å². The Kier molecular flexibility index (Phi) is 4.24. The summed E-state index contributed by atoms with van der Waals surface area (Å²) in [6.07, 6.45) is 0.719. The fraction of sp³-hybridized carbons (Fsp3) is 0.857. The maximum absolute atomic E-state index is 11.7. The van der Waals surface area contributed by atoms with Crippen LogP contribution in [-0.2, 0) is 14.8 Å². The lowest BCUT2D eigenvalue weighted by Gasteiger charge is -2.18. The normalized spacial score (nSPS) is 20.3. The molecule has 14 heavy (non-hydrogen) atoms. The molecule has 0 bridgehead atoms. The van der Waals surface area contributed by atoms with Gasteiger partial charge in [0, 0.05) is 19.7 Å². The fourth-order valence-electron chi connectivity index (χ4n) is 1.27. The standard InChI is InChI=1S/C7H14N2O3S2/c8-7(13)6-14(10,11)9-2-1-4-12-5-3-9/h1-6H2,(H2,8,13). The summed E-state index contributed by atoms with van der Waals surface area (Å²) in [6, 6.07) is 0. The largest absolute Gasteiger partial charge is 0.392 e. The maximum Gasteiger partial charge on any atom is 0.220 e. The highest BCUT2D eigenvalue weighted by atomic mass is 32.2. The average molecular weight is 238 g/mol. The molecule has 1 heterocycles. The summed E-state index contributed by atoms with van der Waals surface area (Å²) in [4.78, 5) is 0.00941. The van der Waals surface area contributed by atoms with E-state index < -0.39 is 10.0 Å². The van der Waals surface area contributed by atoms with Gasteiger partial charge in [-0.05, 0) is 6.42 Å². The third-order valence-electron chi connectivity index (χ3n) is 1.90. The number of hydrogen-bond donors (Lipinski definition) is 1. The molecule has 0 amide bonds. The molecule has 0 unspecified atom stereocenters. The predicted octanol–water partition coefficient (Wildman–Crippen LogP) is -0.675. The molecule has 0 aromatic heterocycles. The quantitative estimate of drug-likeness (QED) is 0.660. The summed E-state index contributed by atoms with van der Waals surface area (Å²) in [5, 5.41) is 0. The summed E-state index contributed by atoms with van der Waals surface area (Å²) in [7, 11) is -3.32. The zero-order valence-corrected chi connectivity index (χ0v) is 9.44. The number of rotatable bonds is 3. The van der Waals surface area contributed by atoms with E-state index in [9.17, 15) is 8.42 Å². The zero-order valence-electron chi connectivity index (χ0n) is 7.81. The van der Waals surface area contributed by atoms with E-state index in [1.807, 2.05) is 0 Å². The molecule has 1 rings (SSSR count). The lowest BCUT2D eigenvalue weighted by molar-refractivity contribution is 0.148. The first kappa shape index (κ1) is 11.8. The van der Waals surface area contributed by atoms with Crippen LogP contribution in [0.25, 0.3) is 0 Å². The van der Waals surface area contributed by atoms with Gasteiger partial charge in [-0.1, -0.05) is 12.2 Å². The lowest BCUT2D eigenvalue weighted by Crippen LogP contribution is -2.38. The van der Waals surface area contributed by atoms with Crippen molar-refractivity contribution in [2.45, 2.75) is 6.42 Å². The van der Waals surface area contributed by atoms with E-state index in [4.69, 9.17) is 10.5 Å². The molecule has 1 fully saturated rings. The Morgan fingerprint density at radius 1 is 1.43 bits per heavy atom. The highest BCUT2D eigenvalue weighted by molar-refractivity contribution is 7.92. The number of hydrogen-bond acceptors (Lipinski definition) is 4. The minimum absolute atomic E-state index is 0.00941. The van der Waals surface area contributed by atoms with E-state index in [1.165, 1.54) is 4.31 Å². The Bertz CT molecular complexity index is 294. The van der Waals surface area contributed by atoms with Crippen LogP contribution in [-0.4, -0.2) is 49.8 Å². The summed E-state index contributed by atoms with van der Waals surface area (Å²) >= 11 is 4.59. The van der Waals surface area contributed by atoms with Crippen molar-refractivity contribution in [1.82, 2.24) is 4.31 Å². The maximum atomic E-state index is 11.7. The number of sulfonamides is 1. The Morgan fingerprint density at radius 3 is 2.79 bits per heavy atom. The first-order chi connectivity index (χ1) is 6.52. The van der Waals surface area contributed by atoms with E-state index in [0.717, 1.165) is 6.42 Å². The molecule has 0 radical (unpaired) electrons. The highest BCUT2D eigenvalue weighted by Gasteiger charge is 2.23. The second-order valence-corrected chi connectivity index (χ2v) is 5.58. The molecule has 1 aliphatic rings. The van der Waals surface area contributed by atoms with Crippen molar-refractivity contribution in [3.63, 3.8) is 0 Å². The average Bonchev–Trinajstić information content (AvgIpc) is 2.28. The second-order valence-electron chi connectivity index (χ2n) is 3.09. The van der Waals surface area contributed by atoms with Gasteiger partial charge in [0.05, 0.1) is 11.6 Å². The first-order valence-electron chi connectivity index (χ1n) is 4.36. The van der Waals surface area contributed by atoms with Crippen molar-refractivity contribution in [3.05, 3.63) is 0 Å². The fourth-order valence-corrected chi connectivity index (χ4v) is 3.02. The Hall–Kier alpha value is -0.240. The van der Waals surface area contributed by atoms with Crippen LogP contribution in [0.3, 0.4) is 0 Å². The van der Waals surface area contributed by atoms with Gasteiger partial charge in [0.25, 0.3) is 0 Å². The third kappa shape index (κ3) is 3.49. The highest BCUT2D eigenvalue weighted by Crippen LogP contribution is 2.06. The van der Waals surface area contributed by atoms with Crippen molar-refractivity contribution < 1.29 is 13.2 Å². The predicted molar refractivity (Wildman–Crippen MR) is 57.6 cm³/mol. The van der Waals surface area contributed by atoms with Crippen molar-refractivity contribution in [2.75, 3.05) is 32.1 Å². The van der Waals surface area contributed by atoms with Crippen molar-refractivity contribution >= 4 is 27.2 Å². The molecule has 0 spiro atoms. The molecule has 82 valence electrons. The summed E-state index contributed by atoms with van der Waals surface area (Å²) in [5.41, 5.74) is 5.22. The lowest BCUT2D eigenvalue weighted by atomic mass is 10.5. The third-order valence-corrected chi connectivity index (χ3v) is 4.05. The van der Waals surface area contributed by atoms with Gasteiger partial charge >= 0.3 is 0 Å². The van der Waals surface area contributed by atoms with Crippen LogP contribution in [0.1, 0.15) is 6.42 Å². The van der Waals surface area contributed by atoms with Gasteiger partial charge < -0.3 is 10.5 Å². The number of nitrogens with two attached hydrogens (primary N) is 1. The smallest absolute Gasteiger partial charge is 0.220 e. The molecular formula is C7H14N2O3S2. The molecule has 1 saturated heterocycles. The molecule has 0 atom stereocenters. The van der Waals surface area contributed by atoms with Crippen LogP contribution >= 0.6 is 12.2 Å². The number of thiocarbonyl (C=S) groups is 1. The van der Waals surface area contributed by atoms with Gasteiger partial charge in [0.15, 0.2) is 0 Å². The summed E-state index contributed by atoms with van der Waals surface area (Å²) in [6.45, 7) is 1.94. The molecule has 0 saturated carbocycles. The topological polar surface area (TPSA) is 72.6 Å². The van der Waals surface area contributed by atoms with Gasteiger partial charge in [0.2, 0.25) is 10.0 Å². The van der Waals surface area contributed by atoms with E-state index in [-0.39, 0.29) is 10.7 Å². The van der Waals surface area contributed by atoms with Crippen LogP contribution in [0.15, 0.2) is 0 Å². The minimum atomic E-state index is -3.32. The van der Waals surface area contributed by atoms with Gasteiger partial charge in [-0.2, -0.15) is 4.31 Å². The van der Waals surface area contributed by atoms with Crippen LogP contribution in [0.2, 0.25) is 0 Å². The number of ether oxygens (including phenoxy) is 1. The van der Waals surface area contributed by atoms with E-state index in [0.29, 0.717) is 26.3 Å². The van der Waals surface area contributed by atoms with Crippen molar-refractivity contribution in [1.29, 1.82) is 0 Å². The van der Waals surface area contributed by atoms with E-state index in [1.54, 1.807) is 0 Å². The van der Waals surface area contributed by atoms with Crippen LogP contribution < -0.4 is 5.73 Å². The van der Waals surface area contributed by atoms with Gasteiger partial charge in [-0.3, -0.25) is 0 Å². The Balaban J connectivity index is 2.64. The van der Waals surface area contributed by atoms with Crippen LogP contribution in [0.4, 0.5) is 0 Å². The molecule has 0 aliphatic carbocycles. The molecule has 5 nitrogen and oxygen atoms in total. The van der Waals surface area contributed by atoms with Crippen molar-refractivity contribution in [2.24, 2.45) is 5.73 Å². The van der Waals surface area contributed by atoms with Gasteiger partial charge in [0.1, 0.15) is 5.75 Å². The molecule has 7 heteroatoms. The molecule has 1 aliphatic heterocycles. The molecule has 0 aromatic carbocycles. The zero-order chi connectivity index (χ0) is 10.6. The summed E-state index contributed by atoms with van der Waals surface area (Å²) < 4.78 is 29.8. The monoisotopic (exact) mass is 238 g/mol. The molecule has 2 N–H and O–H groups in total. The Labute approximate surface area is 89.3 Å². The minimum Gasteiger partial charge on any atom is -0.392 e. The molecular weight excluding hydrogens is 224 g/mol. The van der Waals surface area contributed by atoms with E-state index in [2.05, 4.69) is 12.2 Å². The van der Waals surface area contributed by atoms with Crippen LogP contribution in [0, 0.1) is 0 Å². The van der Waals surface area contributed by atoms with Crippen LogP contribution in [0.5, 0.6) is 0 Å². The van der Waals surface area contributed by atoms with Crippen molar-refractivity contribution in [3.8, 4) is 0 Å². The van der Waals surface area contributed by atoms with Gasteiger partial charge in [-0.25, -0.2) is 8.42 Å². The van der Waals surface area contributed by atoms with E-state index >= 15 is 0 Å². The SMILES string of the molecule is NC(=S)CS(=O)(=O)N1CCCOCC1.